The topological polar surface area (TPSA) is 38.3 Å². The molecule has 0 bridgehead atoms. The summed E-state index contributed by atoms with van der Waals surface area (Å²) < 4.78 is 41.2. The maximum atomic E-state index is 12.1. The van der Waals surface area contributed by atoms with Crippen LogP contribution in [0, 0.1) is 0 Å². The van der Waals surface area contributed by atoms with E-state index in [1.807, 2.05) is 13.8 Å². The first-order valence-electron chi connectivity index (χ1n) is 6.12. The average molecular weight is 269 g/mol. The third-order valence-electron chi connectivity index (χ3n) is 2.47. The summed E-state index contributed by atoms with van der Waals surface area (Å²) in [5.74, 6) is -0.499. The summed E-state index contributed by atoms with van der Waals surface area (Å²) in [5.41, 5.74) is -1.06. The first-order valence-corrected chi connectivity index (χ1v) is 6.12. The SMILES string of the molecule is CCOC(=O)C(C)(CCCC(F)(F)F)NC(C)C. The summed E-state index contributed by atoms with van der Waals surface area (Å²) in [6.45, 7) is 7.14. The molecule has 108 valence electrons. The lowest BCUT2D eigenvalue weighted by Gasteiger charge is -2.30. The highest BCUT2D eigenvalue weighted by molar-refractivity contribution is 5.80. The minimum atomic E-state index is -4.19. The molecule has 6 heteroatoms. The number of ether oxygens (including phenoxy) is 1. The largest absolute Gasteiger partial charge is 0.465 e. The van der Waals surface area contributed by atoms with Crippen LogP contribution in [0.25, 0.3) is 0 Å². The van der Waals surface area contributed by atoms with E-state index < -0.39 is 24.1 Å². The Morgan fingerprint density at radius 3 is 2.22 bits per heavy atom. The van der Waals surface area contributed by atoms with Crippen LogP contribution in [-0.2, 0) is 9.53 Å². The van der Waals surface area contributed by atoms with E-state index in [1.165, 1.54) is 0 Å². The molecule has 0 aliphatic heterocycles. The van der Waals surface area contributed by atoms with Gasteiger partial charge in [0.25, 0.3) is 0 Å². The fourth-order valence-corrected chi connectivity index (χ4v) is 1.80. The molecular formula is C12H22F3NO2. The van der Waals surface area contributed by atoms with E-state index in [9.17, 15) is 18.0 Å². The van der Waals surface area contributed by atoms with E-state index in [2.05, 4.69) is 5.32 Å². The van der Waals surface area contributed by atoms with E-state index in [-0.39, 0.29) is 25.5 Å². The summed E-state index contributed by atoms with van der Waals surface area (Å²) in [5, 5.41) is 2.99. The summed E-state index contributed by atoms with van der Waals surface area (Å²) >= 11 is 0. The zero-order chi connectivity index (χ0) is 14.4. The van der Waals surface area contributed by atoms with Crippen molar-refractivity contribution in [2.24, 2.45) is 0 Å². The van der Waals surface area contributed by atoms with Gasteiger partial charge in [-0.2, -0.15) is 13.2 Å². The normalized spacial score (nSPS) is 15.6. The van der Waals surface area contributed by atoms with Crippen molar-refractivity contribution in [3.8, 4) is 0 Å². The first-order chi connectivity index (χ1) is 8.10. The molecule has 0 aliphatic rings. The van der Waals surface area contributed by atoms with Crippen LogP contribution in [0.15, 0.2) is 0 Å². The molecule has 0 saturated carbocycles. The van der Waals surface area contributed by atoms with Crippen molar-refractivity contribution in [3.05, 3.63) is 0 Å². The van der Waals surface area contributed by atoms with Gasteiger partial charge in [-0.15, -0.1) is 0 Å². The van der Waals surface area contributed by atoms with Gasteiger partial charge in [0.05, 0.1) is 6.61 Å². The number of carbonyl (C=O) groups excluding carboxylic acids is 1. The van der Waals surface area contributed by atoms with Crippen molar-refractivity contribution in [2.75, 3.05) is 6.61 Å². The van der Waals surface area contributed by atoms with Crippen LogP contribution in [-0.4, -0.2) is 30.3 Å². The molecule has 18 heavy (non-hydrogen) atoms. The van der Waals surface area contributed by atoms with E-state index in [4.69, 9.17) is 4.74 Å². The van der Waals surface area contributed by atoms with Crippen molar-refractivity contribution >= 4 is 5.97 Å². The number of nitrogens with one attached hydrogen (secondary N) is 1. The maximum Gasteiger partial charge on any atom is 0.389 e. The predicted molar refractivity (Wildman–Crippen MR) is 63.2 cm³/mol. The van der Waals surface area contributed by atoms with Crippen LogP contribution in [0.1, 0.15) is 47.0 Å². The molecule has 1 atom stereocenters. The van der Waals surface area contributed by atoms with Gasteiger partial charge in [0.2, 0.25) is 0 Å². The summed E-state index contributed by atoms with van der Waals surface area (Å²) in [7, 11) is 0. The number of rotatable bonds is 7. The quantitative estimate of drug-likeness (QED) is 0.722. The molecule has 1 N–H and O–H groups in total. The zero-order valence-corrected chi connectivity index (χ0v) is 11.4. The molecule has 0 aromatic heterocycles. The second-order valence-electron chi connectivity index (χ2n) is 4.82. The van der Waals surface area contributed by atoms with E-state index >= 15 is 0 Å². The zero-order valence-electron chi connectivity index (χ0n) is 11.4. The lowest BCUT2D eigenvalue weighted by atomic mass is 9.93. The van der Waals surface area contributed by atoms with Gasteiger partial charge in [-0.1, -0.05) is 0 Å². The fourth-order valence-electron chi connectivity index (χ4n) is 1.80. The molecule has 0 rings (SSSR count). The summed E-state index contributed by atoms with van der Waals surface area (Å²) in [6, 6.07) is -0.00899. The molecule has 0 radical (unpaired) electrons. The van der Waals surface area contributed by atoms with E-state index in [0.717, 1.165) is 0 Å². The lowest BCUT2D eigenvalue weighted by molar-refractivity contribution is -0.153. The van der Waals surface area contributed by atoms with Gasteiger partial charge in [0.15, 0.2) is 0 Å². The molecule has 0 aromatic carbocycles. The Kier molecular flexibility index (Phi) is 6.67. The molecule has 0 aliphatic carbocycles. The Balaban J connectivity index is 4.52. The second-order valence-corrected chi connectivity index (χ2v) is 4.82. The van der Waals surface area contributed by atoms with Crippen LogP contribution < -0.4 is 5.32 Å². The summed E-state index contributed by atoms with van der Waals surface area (Å²) in [6.07, 6.45) is -5.07. The highest BCUT2D eigenvalue weighted by Crippen LogP contribution is 2.25. The van der Waals surface area contributed by atoms with Crippen LogP contribution in [0.4, 0.5) is 13.2 Å². The molecule has 0 fully saturated rings. The monoisotopic (exact) mass is 269 g/mol. The number of hydrogen-bond donors (Lipinski definition) is 1. The van der Waals surface area contributed by atoms with Crippen LogP contribution in [0.5, 0.6) is 0 Å². The van der Waals surface area contributed by atoms with E-state index in [0.29, 0.717) is 0 Å². The van der Waals surface area contributed by atoms with Crippen molar-refractivity contribution in [1.82, 2.24) is 5.32 Å². The maximum absolute atomic E-state index is 12.1. The van der Waals surface area contributed by atoms with Gasteiger partial charge in [0.1, 0.15) is 5.54 Å². The lowest BCUT2D eigenvalue weighted by Crippen LogP contribution is -2.53. The standard InChI is InChI=1S/C12H22F3NO2/c1-5-18-10(17)11(4,16-9(2)3)7-6-8-12(13,14)15/h9,16H,5-8H2,1-4H3. The first kappa shape index (κ1) is 17.2. The van der Waals surface area contributed by atoms with Gasteiger partial charge in [-0.25, -0.2) is 0 Å². The number of alkyl halides is 3. The van der Waals surface area contributed by atoms with Crippen LogP contribution in [0.2, 0.25) is 0 Å². The van der Waals surface area contributed by atoms with Gasteiger partial charge in [0, 0.05) is 12.5 Å². The fraction of sp³-hybridized carbons (Fsp3) is 0.917. The van der Waals surface area contributed by atoms with Gasteiger partial charge in [-0.05, 0) is 40.5 Å². The third-order valence-corrected chi connectivity index (χ3v) is 2.47. The molecule has 1 unspecified atom stereocenters. The minimum absolute atomic E-state index is 0.00899. The van der Waals surface area contributed by atoms with Crippen LogP contribution >= 0.6 is 0 Å². The third kappa shape index (κ3) is 6.83. The molecular weight excluding hydrogens is 247 g/mol. The van der Waals surface area contributed by atoms with Crippen molar-refractivity contribution in [1.29, 1.82) is 0 Å². The molecule has 0 aromatic rings. The highest BCUT2D eigenvalue weighted by Gasteiger charge is 2.36. The van der Waals surface area contributed by atoms with Crippen molar-refractivity contribution in [3.63, 3.8) is 0 Å². The van der Waals surface area contributed by atoms with Crippen molar-refractivity contribution in [2.45, 2.75) is 64.7 Å². The van der Waals surface area contributed by atoms with Crippen molar-refractivity contribution < 1.29 is 22.7 Å². The molecule has 0 spiro atoms. The molecule has 0 amide bonds. The Labute approximate surface area is 106 Å². The Morgan fingerprint density at radius 2 is 1.83 bits per heavy atom. The van der Waals surface area contributed by atoms with E-state index in [1.54, 1.807) is 13.8 Å². The number of esters is 1. The average Bonchev–Trinajstić information content (AvgIpc) is 2.14. The Hall–Kier alpha value is -0.780. The predicted octanol–water partition coefficient (Wildman–Crippen LogP) is 3.04. The number of hydrogen-bond acceptors (Lipinski definition) is 3. The number of halogens is 3. The van der Waals surface area contributed by atoms with Gasteiger partial charge < -0.3 is 4.74 Å². The molecule has 3 nitrogen and oxygen atoms in total. The van der Waals surface area contributed by atoms with Crippen LogP contribution in [0.3, 0.4) is 0 Å². The minimum Gasteiger partial charge on any atom is -0.465 e. The summed E-state index contributed by atoms with van der Waals surface area (Å²) in [4.78, 5) is 11.8. The smallest absolute Gasteiger partial charge is 0.389 e. The molecule has 0 heterocycles. The second kappa shape index (κ2) is 6.97. The number of carbonyl (C=O) groups is 1. The molecule has 0 saturated heterocycles. The van der Waals surface area contributed by atoms with Gasteiger partial charge in [-0.3, -0.25) is 10.1 Å². The Morgan fingerprint density at radius 1 is 1.28 bits per heavy atom. The van der Waals surface area contributed by atoms with Gasteiger partial charge >= 0.3 is 12.1 Å². The highest BCUT2D eigenvalue weighted by atomic mass is 19.4. The Bertz CT molecular complexity index is 267.